The number of ether oxygens (including phenoxy) is 2. The molecule has 0 amide bonds. The number of carbonyl (C=O) groups excluding carboxylic acids is 1. The molecule has 1 aliphatic heterocycles. The molecule has 3 rings (SSSR count). The number of aryl methyl sites for hydroxylation is 1. The molecule has 5 N–H and O–H groups in total. The van der Waals surface area contributed by atoms with Gasteiger partial charge < -0.3 is 35.0 Å². The zero-order chi connectivity index (χ0) is 20.7. The number of fused-ring (bicyclic) bond motifs is 1. The molecular weight excluding hydrogens is 368 g/mol. The van der Waals surface area contributed by atoms with Gasteiger partial charge in [-0.25, -0.2) is 0 Å². The van der Waals surface area contributed by atoms with E-state index in [1.54, 1.807) is 6.92 Å². The summed E-state index contributed by atoms with van der Waals surface area (Å²) in [7, 11) is 0. The molecule has 1 fully saturated rings. The topological polar surface area (TPSA) is 137 Å². The van der Waals surface area contributed by atoms with E-state index < -0.39 is 49.3 Å². The van der Waals surface area contributed by atoms with Gasteiger partial charge in [0.05, 0.1) is 18.6 Å². The van der Waals surface area contributed by atoms with E-state index in [0.29, 0.717) is 17.5 Å². The van der Waals surface area contributed by atoms with Gasteiger partial charge in [0.2, 0.25) is 0 Å². The zero-order valence-corrected chi connectivity index (χ0v) is 16.2. The Balaban J connectivity index is 1.94. The molecule has 156 valence electrons. The minimum Gasteiger partial charge on any atom is -0.396 e. The molecule has 0 bridgehead atoms. The molecule has 7 atom stereocenters. The van der Waals surface area contributed by atoms with Crippen LogP contribution in [0.25, 0.3) is 0 Å². The summed E-state index contributed by atoms with van der Waals surface area (Å²) in [5.74, 6) is -0.633. The minimum absolute atomic E-state index is 0.0188. The number of hydrogen-bond acceptors (Lipinski definition) is 8. The Labute approximate surface area is 163 Å². The van der Waals surface area contributed by atoms with Crippen LogP contribution in [0.4, 0.5) is 0 Å². The van der Waals surface area contributed by atoms with E-state index in [1.807, 2.05) is 19.9 Å². The van der Waals surface area contributed by atoms with Gasteiger partial charge in [-0.05, 0) is 42.5 Å². The number of ketones is 1. The van der Waals surface area contributed by atoms with E-state index in [0.717, 1.165) is 16.7 Å². The molecule has 0 unspecified atom stereocenters. The van der Waals surface area contributed by atoms with Crippen LogP contribution in [-0.4, -0.2) is 75.2 Å². The normalized spacial score (nSPS) is 35.3. The molecule has 28 heavy (non-hydrogen) atoms. The summed E-state index contributed by atoms with van der Waals surface area (Å²) in [6.45, 7) is 4.89. The van der Waals surface area contributed by atoms with E-state index in [-0.39, 0.29) is 12.4 Å². The first-order chi connectivity index (χ1) is 13.2. The van der Waals surface area contributed by atoms with Crippen LogP contribution in [0.3, 0.4) is 0 Å². The average molecular weight is 396 g/mol. The van der Waals surface area contributed by atoms with Crippen LogP contribution in [0.2, 0.25) is 0 Å². The molecule has 1 saturated heterocycles. The summed E-state index contributed by atoms with van der Waals surface area (Å²) in [5.41, 5.74) is 3.88. The van der Waals surface area contributed by atoms with Gasteiger partial charge in [-0.2, -0.15) is 0 Å². The third kappa shape index (κ3) is 3.39. The number of hydrogen-bond donors (Lipinski definition) is 5. The smallest absolute Gasteiger partial charge is 0.187 e. The van der Waals surface area contributed by atoms with E-state index in [2.05, 4.69) is 0 Å². The van der Waals surface area contributed by atoms with Crippen molar-refractivity contribution in [1.82, 2.24) is 0 Å². The maximum absolute atomic E-state index is 12.9. The highest BCUT2D eigenvalue weighted by Crippen LogP contribution is 2.43. The van der Waals surface area contributed by atoms with Crippen molar-refractivity contribution in [3.63, 3.8) is 0 Å². The highest BCUT2D eigenvalue weighted by Gasteiger charge is 2.48. The number of aliphatic hydroxyl groups is 5. The number of aliphatic hydroxyl groups excluding tert-OH is 5. The van der Waals surface area contributed by atoms with Crippen LogP contribution in [0.5, 0.6) is 0 Å². The van der Waals surface area contributed by atoms with Gasteiger partial charge in [-0.1, -0.05) is 13.0 Å². The van der Waals surface area contributed by atoms with Crippen LogP contribution < -0.4 is 0 Å². The predicted octanol–water partition coefficient (Wildman–Crippen LogP) is -0.472. The molecule has 2 aliphatic rings. The van der Waals surface area contributed by atoms with Crippen molar-refractivity contribution in [2.24, 2.45) is 5.92 Å². The van der Waals surface area contributed by atoms with Crippen molar-refractivity contribution >= 4 is 5.78 Å². The Morgan fingerprint density at radius 1 is 1.11 bits per heavy atom. The first kappa shape index (κ1) is 21.3. The monoisotopic (exact) mass is 396 g/mol. The highest BCUT2D eigenvalue weighted by molar-refractivity contribution is 6.04. The number of rotatable bonds is 5. The second-order valence-electron chi connectivity index (χ2n) is 7.64. The van der Waals surface area contributed by atoms with Crippen LogP contribution in [0, 0.1) is 19.8 Å². The van der Waals surface area contributed by atoms with Crippen molar-refractivity contribution < 1.29 is 39.8 Å². The molecular formula is C20H28O8. The molecule has 8 heteroatoms. The van der Waals surface area contributed by atoms with E-state index in [1.165, 1.54) is 0 Å². The quantitative estimate of drug-likeness (QED) is 0.451. The number of carbonyl (C=O) groups is 1. The summed E-state index contributed by atoms with van der Waals surface area (Å²) in [6, 6.07) is 1.85. The van der Waals surface area contributed by atoms with Crippen molar-refractivity contribution in [1.29, 1.82) is 0 Å². The molecule has 1 aromatic carbocycles. The Morgan fingerprint density at radius 2 is 1.79 bits per heavy atom. The van der Waals surface area contributed by atoms with Gasteiger partial charge in [-0.15, -0.1) is 0 Å². The number of Topliss-reactive ketones (excluding diaryl/α,β-unsaturated/α-hetero) is 1. The Bertz CT molecular complexity index is 746. The first-order valence-corrected chi connectivity index (χ1v) is 9.46. The molecule has 1 aliphatic carbocycles. The van der Waals surface area contributed by atoms with Crippen LogP contribution in [0.15, 0.2) is 6.07 Å². The largest absolute Gasteiger partial charge is 0.396 e. The summed E-state index contributed by atoms with van der Waals surface area (Å²) >= 11 is 0. The lowest BCUT2D eigenvalue weighted by Crippen LogP contribution is -2.59. The lowest BCUT2D eigenvalue weighted by molar-refractivity contribution is -0.314. The van der Waals surface area contributed by atoms with Crippen molar-refractivity contribution in [2.45, 2.75) is 64.0 Å². The number of benzene rings is 1. The Morgan fingerprint density at radius 3 is 2.39 bits per heavy atom. The minimum atomic E-state index is -1.54. The van der Waals surface area contributed by atoms with Gasteiger partial charge in [-0.3, -0.25) is 4.79 Å². The van der Waals surface area contributed by atoms with Gasteiger partial charge in [0.15, 0.2) is 12.1 Å². The average Bonchev–Trinajstić information content (AvgIpc) is 2.89. The molecule has 0 spiro atoms. The summed E-state index contributed by atoms with van der Waals surface area (Å²) in [4.78, 5) is 12.9. The summed E-state index contributed by atoms with van der Waals surface area (Å²) in [5, 5.41) is 48.8. The summed E-state index contributed by atoms with van der Waals surface area (Å²) in [6.07, 6.45) is -7.18. The summed E-state index contributed by atoms with van der Waals surface area (Å²) < 4.78 is 11.3. The first-order valence-electron chi connectivity index (χ1n) is 9.46. The third-order valence-electron chi connectivity index (χ3n) is 5.88. The van der Waals surface area contributed by atoms with Gasteiger partial charge in [0.25, 0.3) is 0 Å². The Kier molecular flexibility index (Phi) is 6.21. The molecule has 8 nitrogen and oxygen atoms in total. The fourth-order valence-corrected chi connectivity index (χ4v) is 4.25. The molecule has 0 saturated carbocycles. The van der Waals surface area contributed by atoms with E-state index in [9.17, 15) is 30.3 Å². The van der Waals surface area contributed by atoms with Gasteiger partial charge >= 0.3 is 0 Å². The lowest BCUT2D eigenvalue weighted by atomic mass is 9.92. The molecule has 1 heterocycles. The maximum atomic E-state index is 12.9. The highest BCUT2D eigenvalue weighted by atomic mass is 16.7. The fourth-order valence-electron chi connectivity index (χ4n) is 4.25. The molecule has 0 aromatic heterocycles. The van der Waals surface area contributed by atoms with E-state index >= 15 is 0 Å². The fraction of sp³-hybridized carbons (Fsp3) is 0.650. The Hall–Kier alpha value is -1.39. The van der Waals surface area contributed by atoms with Crippen molar-refractivity contribution in [3.05, 3.63) is 33.9 Å². The van der Waals surface area contributed by atoms with Gasteiger partial charge in [0, 0.05) is 12.2 Å². The molecule has 0 radical (unpaired) electrons. The van der Waals surface area contributed by atoms with Crippen LogP contribution in [0.1, 0.15) is 45.6 Å². The molecule has 1 aromatic rings. The predicted molar refractivity (Wildman–Crippen MR) is 97.8 cm³/mol. The lowest BCUT2D eigenvalue weighted by Gasteiger charge is -2.41. The SMILES string of the molecule is Cc1cc2c(c(C)c1CCO)C(=O)[C@@H](C)[C@H]2O[C@H]1O[C@@H](CO)[C@H](O)[C@@H](O)[C@@H]1O. The third-order valence-corrected chi connectivity index (χ3v) is 5.88. The maximum Gasteiger partial charge on any atom is 0.187 e. The second-order valence-corrected chi connectivity index (χ2v) is 7.64. The van der Waals surface area contributed by atoms with Crippen molar-refractivity contribution in [2.75, 3.05) is 13.2 Å². The van der Waals surface area contributed by atoms with Gasteiger partial charge in [0.1, 0.15) is 24.4 Å². The zero-order valence-electron chi connectivity index (χ0n) is 16.2. The van der Waals surface area contributed by atoms with E-state index in [4.69, 9.17) is 9.47 Å². The van der Waals surface area contributed by atoms with Crippen LogP contribution >= 0.6 is 0 Å². The van der Waals surface area contributed by atoms with Crippen LogP contribution in [-0.2, 0) is 15.9 Å². The van der Waals surface area contributed by atoms with Crippen molar-refractivity contribution in [3.8, 4) is 0 Å². The second kappa shape index (κ2) is 8.16. The standard InChI is InChI=1S/C20H28O8/c1-8-6-12-14(9(2)11(8)4-5-21)15(23)10(3)19(12)28-20-18(26)17(25)16(24)13(7-22)27-20/h6,10,13,16-22,24-26H,4-5,7H2,1-3H3/t10-,13+,16+,17-,18+,19-,20-/m1/s1.